The third-order valence-corrected chi connectivity index (χ3v) is 3.50. The lowest BCUT2D eigenvalue weighted by Gasteiger charge is -2.24. The van der Waals surface area contributed by atoms with Crippen LogP contribution in [-0.2, 0) is 4.79 Å². The van der Waals surface area contributed by atoms with Crippen molar-refractivity contribution in [3.8, 4) is 5.75 Å². The zero-order valence-electron chi connectivity index (χ0n) is 12.4. The second-order valence-corrected chi connectivity index (χ2v) is 5.25. The highest BCUT2D eigenvalue weighted by Crippen LogP contribution is 2.27. The number of rotatable bonds is 5. The van der Waals surface area contributed by atoms with Crippen LogP contribution in [0.1, 0.15) is 12.8 Å². The Balaban J connectivity index is 0.00000220. The number of methoxy groups -OCH3 is 1. The third-order valence-electron chi connectivity index (χ3n) is 3.26. The molecule has 5 nitrogen and oxygen atoms in total. The molecule has 0 aromatic heterocycles. The van der Waals surface area contributed by atoms with Gasteiger partial charge in [0.05, 0.1) is 19.3 Å². The molecule has 1 aromatic carbocycles. The predicted molar refractivity (Wildman–Crippen MR) is 95.0 cm³/mol. The molecule has 1 aliphatic heterocycles. The fraction of sp³-hybridized carbons (Fsp3) is 0.500. The molecule has 0 bridgehead atoms. The van der Waals surface area contributed by atoms with Crippen molar-refractivity contribution in [1.82, 2.24) is 10.6 Å². The van der Waals surface area contributed by atoms with E-state index in [1.54, 1.807) is 25.3 Å². The van der Waals surface area contributed by atoms with E-state index < -0.39 is 0 Å². The monoisotopic (exact) mass is 369 g/mol. The average molecular weight is 371 g/mol. The van der Waals surface area contributed by atoms with Gasteiger partial charge in [-0.3, -0.25) is 4.79 Å². The van der Waals surface area contributed by atoms with Crippen LogP contribution in [0.3, 0.4) is 0 Å². The molecule has 0 saturated carbocycles. The molecule has 0 spiro atoms. The Morgan fingerprint density at radius 1 is 1.45 bits per heavy atom. The Kier molecular flexibility index (Phi) is 10.3. The molecular weight excluding hydrogens is 349 g/mol. The first-order valence-electron chi connectivity index (χ1n) is 6.76. The molecule has 1 saturated heterocycles. The number of anilines is 1. The van der Waals surface area contributed by atoms with Crippen LogP contribution in [0.25, 0.3) is 0 Å². The number of benzene rings is 1. The van der Waals surface area contributed by atoms with Gasteiger partial charge in [0.1, 0.15) is 5.75 Å². The summed E-state index contributed by atoms with van der Waals surface area (Å²) in [5, 5.41) is 9.93. The summed E-state index contributed by atoms with van der Waals surface area (Å²) in [5.74, 6) is 0.641. The lowest BCUT2D eigenvalue weighted by Crippen LogP contribution is -2.47. The van der Waals surface area contributed by atoms with Crippen molar-refractivity contribution in [2.24, 2.45) is 0 Å². The zero-order chi connectivity index (χ0) is 14.4. The first kappa shape index (κ1) is 21.1. The van der Waals surface area contributed by atoms with Gasteiger partial charge in [0.25, 0.3) is 0 Å². The fourth-order valence-corrected chi connectivity index (χ4v) is 2.42. The number of piperidine rings is 1. The average Bonchev–Trinajstić information content (AvgIpc) is 2.46. The number of carbonyl (C=O) groups excluding carboxylic acids is 1. The highest BCUT2D eigenvalue weighted by atomic mass is 35.5. The number of nitrogens with one attached hydrogen (secondary N) is 3. The zero-order valence-corrected chi connectivity index (χ0v) is 14.7. The highest BCUT2D eigenvalue weighted by molar-refractivity contribution is 6.30. The smallest absolute Gasteiger partial charge is 0.239 e. The lowest BCUT2D eigenvalue weighted by molar-refractivity contribution is -0.120. The lowest BCUT2D eigenvalue weighted by atomic mass is 10.1. The summed E-state index contributed by atoms with van der Waals surface area (Å²) in [6.45, 7) is 2.07. The molecule has 1 aliphatic rings. The van der Waals surface area contributed by atoms with Crippen LogP contribution in [0.5, 0.6) is 5.75 Å². The van der Waals surface area contributed by atoms with Crippen LogP contribution < -0.4 is 20.7 Å². The summed E-state index contributed by atoms with van der Waals surface area (Å²) in [4.78, 5) is 11.9. The molecule has 126 valence electrons. The fourth-order valence-electron chi connectivity index (χ4n) is 2.25. The molecule has 1 aromatic rings. The van der Waals surface area contributed by atoms with Gasteiger partial charge in [0, 0.05) is 17.6 Å². The highest BCUT2D eigenvalue weighted by Gasteiger charge is 2.15. The Morgan fingerprint density at radius 3 is 2.86 bits per heavy atom. The first-order chi connectivity index (χ1) is 9.69. The second kappa shape index (κ2) is 10.8. The maximum Gasteiger partial charge on any atom is 0.239 e. The van der Waals surface area contributed by atoms with Gasteiger partial charge >= 0.3 is 0 Å². The maximum atomic E-state index is 11.9. The Bertz CT molecular complexity index is 469. The van der Waals surface area contributed by atoms with Crippen molar-refractivity contribution in [3.05, 3.63) is 23.2 Å². The normalized spacial score (nSPS) is 16.7. The van der Waals surface area contributed by atoms with Crippen LogP contribution in [0, 0.1) is 0 Å². The van der Waals surface area contributed by atoms with E-state index in [1.165, 1.54) is 0 Å². The summed E-state index contributed by atoms with van der Waals surface area (Å²) in [7, 11) is 1.59. The van der Waals surface area contributed by atoms with Gasteiger partial charge in [0.15, 0.2) is 0 Å². The summed E-state index contributed by atoms with van der Waals surface area (Å²) in [5.41, 5.74) is 0.719. The van der Waals surface area contributed by atoms with E-state index in [2.05, 4.69) is 16.0 Å². The van der Waals surface area contributed by atoms with Crippen molar-refractivity contribution in [1.29, 1.82) is 0 Å². The van der Waals surface area contributed by atoms with Gasteiger partial charge in [-0.05, 0) is 37.6 Å². The second-order valence-electron chi connectivity index (χ2n) is 4.81. The predicted octanol–water partition coefficient (Wildman–Crippen LogP) is 2.47. The van der Waals surface area contributed by atoms with Crippen LogP contribution in [0.4, 0.5) is 5.69 Å². The van der Waals surface area contributed by atoms with Crippen molar-refractivity contribution in [2.45, 2.75) is 18.9 Å². The third kappa shape index (κ3) is 6.48. The molecule has 0 unspecified atom stereocenters. The van der Waals surface area contributed by atoms with E-state index in [0.29, 0.717) is 10.8 Å². The summed E-state index contributed by atoms with van der Waals surface area (Å²) < 4.78 is 5.22. The number of ether oxygens (including phenoxy) is 1. The number of hydrogen-bond acceptors (Lipinski definition) is 4. The van der Waals surface area contributed by atoms with Crippen molar-refractivity contribution in [3.63, 3.8) is 0 Å². The summed E-state index contributed by atoms with van der Waals surface area (Å²) in [6, 6.07) is 5.49. The topological polar surface area (TPSA) is 62.4 Å². The quantitative estimate of drug-likeness (QED) is 0.745. The van der Waals surface area contributed by atoms with Crippen molar-refractivity contribution >= 4 is 48.0 Å². The standard InChI is InChI=1S/C14H20ClN3O2.2ClH/c1-20-13-5-4-10(15)7-12(13)17-9-14(19)18-11-3-2-6-16-8-11;;/h4-5,7,11,16-17H,2-3,6,8-9H2,1H3,(H,18,19);2*1H/t11-;;/m0../s1. The summed E-state index contributed by atoms with van der Waals surface area (Å²) in [6.07, 6.45) is 2.12. The first-order valence-corrected chi connectivity index (χ1v) is 7.14. The van der Waals surface area contributed by atoms with Crippen molar-refractivity contribution < 1.29 is 9.53 Å². The van der Waals surface area contributed by atoms with Crippen molar-refractivity contribution in [2.75, 3.05) is 32.1 Å². The van der Waals surface area contributed by atoms with Gasteiger partial charge in [-0.2, -0.15) is 0 Å². The van der Waals surface area contributed by atoms with Crippen LogP contribution in [-0.4, -0.2) is 38.7 Å². The van der Waals surface area contributed by atoms with Gasteiger partial charge in [0.2, 0.25) is 5.91 Å². The minimum Gasteiger partial charge on any atom is -0.495 e. The number of hydrogen-bond donors (Lipinski definition) is 3. The minimum atomic E-state index is -0.0271. The summed E-state index contributed by atoms with van der Waals surface area (Å²) >= 11 is 5.94. The Hall–Kier alpha value is -0.880. The molecule has 1 amide bonds. The Morgan fingerprint density at radius 2 is 2.23 bits per heavy atom. The molecule has 1 atom stereocenters. The van der Waals surface area contributed by atoms with Gasteiger partial charge in [-0.25, -0.2) is 0 Å². The van der Waals surface area contributed by atoms with E-state index in [4.69, 9.17) is 16.3 Å². The molecular formula is C14H22Cl3N3O2. The molecule has 2 rings (SSSR count). The van der Waals surface area contributed by atoms with Crippen LogP contribution >= 0.6 is 36.4 Å². The van der Waals surface area contributed by atoms with Gasteiger partial charge in [-0.15, -0.1) is 24.8 Å². The Labute approximate surface area is 148 Å². The molecule has 1 heterocycles. The van der Waals surface area contributed by atoms with E-state index >= 15 is 0 Å². The molecule has 0 aliphatic carbocycles. The minimum absolute atomic E-state index is 0. The maximum absolute atomic E-state index is 11.9. The van der Waals surface area contributed by atoms with E-state index in [1.807, 2.05) is 0 Å². The van der Waals surface area contributed by atoms with E-state index in [9.17, 15) is 4.79 Å². The van der Waals surface area contributed by atoms with Gasteiger partial charge in [-0.1, -0.05) is 11.6 Å². The van der Waals surface area contributed by atoms with E-state index in [0.717, 1.165) is 31.6 Å². The number of amides is 1. The number of carbonyl (C=O) groups is 1. The SMILES string of the molecule is COc1ccc(Cl)cc1NCC(=O)N[C@H]1CCCNC1.Cl.Cl. The molecule has 8 heteroatoms. The molecule has 22 heavy (non-hydrogen) atoms. The number of halogens is 3. The van der Waals surface area contributed by atoms with Crippen LogP contribution in [0.15, 0.2) is 18.2 Å². The van der Waals surface area contributed by atoms with Crippen LogP contribution in [0.2, 0.25) is 5.02 Å². The molecule has 3 N–H and O–H groups in total. The van der Waals surface area contributed by atoms with E-state index in [-0.39, 0.29) is 43.3 Å². The molecule has 1 fully saturated rings. The molecule has 0 radical (unpaired) electrons. The largest absolute Gasteiger partial charge is 0.495 e. The van der Waals surface area contributed by atoms with Gasteiger partial charge < -0.3 is 20.7 Å².